The molecule has 2 heterocycles. The quantitative estimate of drug-likeness (QED) is 0.706. The minimum atomic E-state index is -0.210. The number of aromatic amines is 1. The van der Waals surface area contributed by atoms with Crippen LogP contribution in [0, 0.1) is 6.92 Å². The fourth-order valence-corrected chi connectivity index (χ4v) is 4.79. The molecule has 1 aliphatic heterocycles. The third-order valence-electron chi connectivity index (χ3n) is 6.63. The van der Waals surface area contributed by atoms with Gasteiger partial charge in [0, 0.05) is 51.3 Å². The van der Waals surface area contributed by atoms with Crippen molar-refractivity contribution in [3.63, 3.8) is 0 Å². The van der Waals surface area contributed by atoms with Crippen LogP contribution in [0.3, 0.4) is 0 Å². The van der Waals surface area contributed by atoms with Crippen LogP contribution in [0.4, 0.5) is 0 Å². The van der Waals surface area contributed by atoms with Gasteiger partial charge in [-0.05, 0) is 32.6 Å². The predicted molar refractivity (Wildman–Crippen MR) is 125 cm³/mol. The van der Waals surface area contributed by atoms with Gasteiger partial charge in [0.05, 0.1) is 11.3 Å². The van der Waals surface area contributed by atoms with Crippen molar-refractivity contribution >= 4 is 18.7 Å². The average Bonchev–Trinajstić information content (AvgIpc) is 2.91. The molecular weight excluding hydrogens is 390 g/mol. The summed E-state index contributed by atoms with van der Waals surface area (Å²) in [7, 11) is 0. The predicted octanol–water partition coefficient (Wildman–Crippen LogP) is 3.33. The van der Waals surface area contributed by atoms with E-state index in [2.05, 4.69) is 26.6 Å². The van der Waals surface area contributed by atoms with E-state index in [9.17, 15) is 9.59 Å². The molecule has 7 heteroatoms. The van der Waals surface area contributed by atoms with Gasteiger partial charge in [-0.15, -0.1) is 0 Å². The van der Waals surface area contributed by atoms with Crippen molar-refractivity contribution < 1.29 is 4.79 Å². The molecule has 3 rings (SSSR count). The summed E-state index contributed by atoms with van der Waals surface area (Å²) < 4.78 is 0. The van der Waals surface area contributed by atoms with Gasteiger partial charge in [-0.3, -0.25) is 19.5 Å². The molecule has 1 aliphatic carbocycles. The molecule has 170 valence electrons. The number of aromatic nitrogens is 2. The Labute approximate surface area is 185 Å². The van der Waals surface area contributed by atoms with Crippen LogP contribution in [0.15, 0.2) is 16.0 Å². The molecule has 2 fully saturated rings. The number of aryl methyl sites for hydroxylation is 2. The average molecular weight is 428 g/mol. The number of hydrogen-bond acceptors (Lipinski definition) is 5. The fourth-order valence-electron chi connectivity index (χ4n) is 4.79. The monoisotopic (exact) mass is 427 g/mol. The van der Waals surface area contributed by atoms with Gasteiger partial charge in [0.2, 0.25) is 5.91 Å². The van der Waals surface area contributed by atoms with Crippen molar-refractivity contribution in [1.29, 1.82) is 0 Å². The number of nitrogens with one attached hydrogen (secondary N) is 1. The standard InChI is InChI=1S/C24H37N5O2/c1-19-21(13-14-25-2)24(31)27-22(26-19)11-12-23(30)29-17-15-28(16-18-29)20-9-7-5-3-4-6-8-10-20/h13-14,20H,2-12,15-18H2,1H3,(H,26,27,31)/b14-13-. The van der Waals surface area contributed by atoms with Crippen LogP contribution in [0.2, 0.25) is 0 Å². The Morgan fingerprint density at radius 3 is 2.39 bits per heavy atom. The lowest BCUT2D eigenvalue weighted by Gasteiger charge is -2.39. The molecule has 7 nitrogen and oxygen atoms in total. The van der Waals surface area contributed by atoms with Gasteiger partial charge >= 0.3 is 0 Å². The zero-order valence-corrected chi connectivity index (χ0v) is 18.9. The topological polar surface area (TPSA) is 81.7 Å². The number of piperazine rings is 1. The van der Waals surface area contributed by atoms with Gasteiger partial charge in [-0.2, -0.15) is 0 Å². The van der Waals surface area contributed by atoms with Crippen molar-refractivity contribution in [1.82, 2.24) is 19.8 Å². The second-order valence-electron chi connectivity index (χ2n) is 8.78. The molecule has 0 atom stereocenters. The molecule has 0 unspecified atom stereocenters. The summed E-state index contributed by atoms with van der Waals surface area (Å²) in [6, 6.07) is 0.691. The molecule has 1 saturated carbocycles. The number of amides is 1. The lowest BCUT2D eigenvalue weighted by molar-refractivity contribution is -0.133. The molecule has 1 aromatic rings. The number of carbonyl (C=O) groups excluding carboxylic acids is 1. The highest BCUT2D eigenvalue weighted by Crippen LogP contribution is 2.22. The van der Waals surface area contributed by atoms with E-state index in [1.54, 1.807) is 13.0 Å². The molecule has 31 heavy (non-hydrogen) atoms. The maximum atomic E-state index is 12.7. The Balaban J connectivity index is 1.48. The second kappa shape index (κ2) is 11.9. The molecular formula is C24H37N5O2. The summed E-state index contributed by atoms with van der Waals surface area (Å²) in [4.78, 5) is 40.5. The van der Waals surface area contributed by atoms with E-state index >= 15 is 0 Å². The van der Waals surface area contributed by atoms with Crippen LogP contribution >= 0.6 is 0 Å². The number of aliphatic imine (C=N–C) groups is 1. The van der Waals surface area contributed by atoms with Gasteiger partial charge in [0.1, 0.15) is 5.82 Å². The Bertz CT molecular complexity index is 814. The first kappa shape index (κ1) is 23.4. The van der Waals surface area contributed by atoms with Crippen LogP contribution < -0.4 is 5.56 Å². The van der Waals surface area contributed by atoms with E-state index in [0.29, 0.717) is 36.0 Å². The van der Waals surface area contributed by atoms with Crippen LogP contribution in [0.1, 0.15) is 74.9 Å². The highest BCUT2D eigenvalue weighted by atomic mass is 16.2. The van der Waals surface area contributed by atoms with Crippen LogP contribution in [0.25, 0.3) is 6.08 Å². The molecule has 0 radical (unpaired) electrons. The zero-order chi connectivity index (χ0) is 22.1. The van der Waals surface area contributed by atoms with Crippen LogP contribution in [0.5, 0.6) is 0 Å². The Kier molecular flexibility index (Phi) is 9.00. The van der Waals surface area contributed by atoms with Crippen LogP contribution in [-0.2, 0) is 11.2 Å². The lowest BCUT2D eigenvalue weighted by atomic mass is 10.0. The van der Waals surface area contributed by atoms with Crippen LogP contribution in [-0.4, -0.2) is 64.6 Å². The minimum absolute atomic E-state index is 0.147. The second-order valence-corrected chi connectivity index (χ2v) is 8.78. The summed E-state index contributed by atoms with van der Waals surface area (Å²) in [6.45, 7) is 8.72. The molecule has 0 bridgehead atoms. The van der Waals surface area contributed by atoms with Gasteiger partial charge in [0.25, 0.3) is 5.56 Å². The zero-order valence-electron chi connectivity index (χ0n) is 18.9. The number of H-pyrrole nitrogens is 1. The number of nitrogens with zero attached hydrogens (tertiary/aromatic N) is 4. The van der Waals surface area contributed by atoms with Gasteiger partial charge in [0.15, 0.2) is 0 Å². The highest BCUT2D eigenvalue weighted by molar-refractivity contribution is 5.76. The van der Waals surface area contributed by atoms with E-state index in [0.717, 1.165) is 26.2 Å². The van der Waals surface area contributed by atoms with E-state index < -0.39 is 0 Å². The van der Waals surface area contributed by atoms with Gasteiger partial charge < -0.3 is 9.88 Å². The molecule has 1 aromatic heterocycles. The highest BCUT2D eigenvalue weighted by Gasteiger charge is 2.26. The molecule has 0 aromatic carbocycles. The summed E-state index contributed by atoms with van der Waals surface area (Å²) in [5, 5.41) is 0. The Hall–Kier alpha value is -2.28. The molecule has 2 aliphatic rings. The smallest absolute Gasteiger partial charge is 0.258 e. The first-order valence-electron chi connectivity index (χ1n) is 11.8. The van der Waals surface area contributed by atoms with E-state index in [-0.39, 0.29) is 11.5 Å². The van der Waals surface area contributed by atoms with Gasteiger partial charge in [-0.1, -0.05) is 38.5 Å². The maximum absolute atomic E-state index is 12.7. The lowest BCUT2D eigenvalue weighted by Crippen LogP contribution is -2.52. The Morgan fingerprint density at radius 2 is 1.77 bits per heavy atom. The summed E-state index contributed by atoms with van der Waals surface area (Å²) in [5.41, 5.74) is 0.900. The minimum Gasteiger partial charge on any atom is -0.340 e. The largest absolute Gasteiger partial charge is 0.340 e. The Morgan fingerprint density at radius 1 is 1.13 bits per heavy atom. The third-order valence-corrected chi connectivity index (χ3v) is 6.63. The first-order chi connectivity index (χ1) is 15.1. The third kappa shape index (κ3) is 6.86. The van der Waals surface area contributed by atoms with Crippen molar-refractivity contribution in [2.75, 3.05) is 26.2 Å². The van der Waals surface area contributed by atoms with Crippen molar-refractivity contribution in [2.24, 2.45) is 4.99 Å². The fraction of sp³-hybridized carbons (Fsp3) is 0.667. The number of hydrogen-bond donors (Lipinski definition) is 1. The molecule has 1 amide bonds. The molecule has 0 spiro atoms. The van der Waals surface area contributed by atoms with E-state index in [1.807, 2.05) is 4.90 Å². The first-order valence-corrected chi connectivity index (χ1v) is 11.8. The molecule has 1 saturated heterocycles. The van der Waals surface area contributed by atoms with Crippen molar-refractivity contribution in [3.05, 3.63) is 33.6 Å². The van der Waals surface area contributed by atoms with Crippen molar-refractivity contribution in [3.8, 4) is 0 Å². The van der Waals surface area contributed by atoms with E-state index in [1.165, 1.54) is 57.6 Å². The summed E-state index contributed by atoms with van der Waals surface area (Å²) in [6.07, 6.45) is 14.7. The van der Waals surface area contributed by atoms with E-state index in [4.69, 9.17) is 0 Å². The van der Waals surface area contributed by atoms with Crippen molar-refractivity contribution in [2.45, 2.75) is 77.2 Å². The number of carbonyl (C=O) groups is 1. The normalized spacial score (nSPS) is 19.7. The summed E-state index contributed by atoms with van der Waals surface area (Å²) >= 11 is 0. The summed E-state index contributed by atoms with van der Waals surface area (Å²) in [5.74, 6) is 0.707. The maximum Gasteiger partial charge on any atom is 0.258 e. The number of rotatable bonds is 6. The SMILES string of the molecule is C=N/C=C\c1c(C)nc(CCC(=O)N2CCN(C3CCCCCCCC3)CC2)[nH]c1=O. The van der Waals surface area contributed by atoms with Gasteiger partial charge in [-0.25, -0.2) is 4.98 Å². The molecule has 1 N–H and O–H groups in total.